The summed E-state index contributed by atoms with van der Waals surface area (Å²) in [7, 11) is -2.47. The van der Waals surface area contributed by atoms with Gasteiger partial charge in [-0.05, 0) is 12.5 Å². The second-order valence-corrected chi connectivity index (χ2v) is 6.93. The van der Waals surface area contributed by atoms with Gasteiger partial charge in [0.1, 0.15) is 6.61 Å². The normalized spacial score (nSPS) is 11.2. The number of aromatic amines is 1. The fourth-order valence-corrected chi connectivity index (χ4v) is 2.94. The second-order valence-electron chi connectivity index (χ2n) is 5.46. The fraction of sp³-hybridized carbons (Fsp3) is 0.333. The maximum atomic E-state index is 12.0. The first-order valence-corrected chi connectivity index (χ1v) is 9.01. The third-order valence-electron chi connectivity index (χ3n) is 3.53. The number of rotatable bonds is 7. The van der Waals surface area contributed by atoms with Crippen molar-refractivity contribution < 1.29 is 17.9 Å². The number of carbonyl (C=O) groups is 1. The summed E-state index contributed by atoms with van der Waals surface area (Å²) < 4.78 is 29.8. The molecule has 0 aliphatic heterocycles. The molecule has 0 aliphatic rings. The lowest BCUT2D eigenvalue weighted by Crippen LogP contribution is -2.42. The van der Waals surface area contributed by atoms with Gasteiger partial charge in [-0.3, -0.25) is 9.40 Å². The monoisotopic (exact) mass is 367 g/mol. The average molecular weight is 367 g/mol. The smallest absolute Gasteiger partial charge is 0.409 e. The highest BCUT2D eigenvalue weighted by atomic mass is 32.2. The number of H-pyrrole nitrogens is 1. The summed E-state index contributed by atoms with van der Waals surface area (Å²) in [6, 6.07) is 9.26. The maximum absolute atomic E-state index is 12.0. The molecule has 10 heteroatoms. The Balaban J connectivity index is 1.93. The van der Waals surface area contributed by atoms with Crippen molar-refractivity contribution >= 4 is 22.0 Å². The van der Waals surface area contributed by atoms with Crippen molar-refractivity contribution in [3.8, 4) is 0 Å². The van der Waals surface area contributed by atoms with E-state index < -0.39 is 16.3 Å². The van der Waals surface area contributed by atoms with Crippen LogP contribution in [-0.4, -0.2) is 49.7 Å². The molecule has 1 aromatic heterocycles. The highest BCUT2D eigenvalue weighted by Gasteiger charge is 2.22. The predicted octanol–water partition coefficient (Wildman–Crippen LogP) is 0.997. The highest BCUT2D eigenvalue weighted by Crippen LogP contribution is 2.18. The van der Waals surface area contributed by atoms with Crippen LogP contribution < -0.4 is 9.44 Å². The molecular formula is C15H21N5O4S. The molecule has 0 bridgehead atoms. The third-order valence-corrected chi connectivity index (χ3v) is 4.53. The number of hydrogen-bond donors (Lipinski definition) is 2. The van der Waals surface area contributed by atoms with Gasteiger partial charge in [-0.15, -0.1) is 0 Å². The van der Waals surface area contributed by atoms with E-state index in [1.807, 2.05) is 30.3 Å². The largest absolute Gasteiger partial charge is 0.445 e. The molecule has 1 aromatic carbocycles. The zero-order valence-electron chi connectivity index (χ0n) is 14.0. The van der Waals surface area contributed by atoms with Crippen LogP contribution in [0.5, 0.6) is 0 Å². The van der Waals surface area contributed by atoms with Gasteiger partial charge in [-0.2, -0.15) is 13.5 Å². The number of benzene rings is 1. The molecule has 0 radical (unpaired) electrons. The average Bonchev–Trinajstić information content (AvgIpc) is 2.98. The van der Waals surface area contributed by atoms with Crippen molar-refractivity contribution in [3.05, 3.63) is 47.8 Å². The van der Waals surface area contributed by atoms with E-state index in [-0.39, 0.29) is 19.7 Å². The third kappa shape index (κ3) is 5.19. The summed E-state index contributed by atoms with van der Waals surface area (Å²) in [6.07, 6.45) is 0.815. The van der Waals surface area contributed by atoms with Crippen molar-refractivity contribution in [1.29, 1.82) is 0 Å². The van der Waals surface area contributed by atoms with E-state index in [0.717, 1.165) is 9.87 Å². The first-order valence-electron chi connectivity index (χ1n) is 7.51. The van der Waals surface area contributed by atoms with Crippen molar-refractivity contribution in [2.75, 3.05) is 24.4 Å². The zero-order chi connectivity index (χ0) is 18.4. The number of nitrogens with zero attached hydrogens (tertiary/aromatic N) is 3. The Morgan fingerprint density at radius 2 is 1.96 bits per heavy atom. The van der Waals surface area contributed by atoms with Crippen LogP contribution in [0.15, 0.2) is 36.5 Å². The van der Waals surface area contributed by atoms with Gasteiger partial charge in [0.25, 0.3) is 10.2 Å². The molecule has 0 spiro atoms. The topological polar surface area (TPSA) is 122 Å². The van der Waals surface area contributed by atoms with E-state index in [4.69, 9.17) is 9.88 Å². The molecule has 0 saturated carbocycles. The number of anilines is 1. The van der Waals surface area contributed by atoms with Crippen LogP contribution in [0.25, 0.3) is 0 Å². The number of likely N-dealkylation sites (N-methyl/N-ethyl adjacent to an activating group) is 1. The van der Waals surface area contributed by atoms with Gasteiger partial charge < -0.3 is 9.64 Å². The predicted molar refractivity (Wildman–Crippen MR) is 93.0 cm³/mol. The molecule has 0 atom stereocenters. The molecule has 3 N–H and O–H groups in total. The number of ether oxygens (including phenoxy) is 1. The van der Waals surface area contributed by atoms with Crippen LogP contribution in [0, 0.1) is 6.92 Å². The first kappa shape index (κ1) is 18.7. The Kier molecular flexibility index (Phi) is 5.99. The van der Waals surface area contributed by atoms with E-state index >= 15 is 0 Å². The number of carbonyl (C=O) groups excluding carboxylic acids is 1. The summed E-state index contributed by atoms with van der Waals surface area (Å²) in [6.45, 7) is 1.91. The second kappa shape index (κ2) is 7.99. The molecule has 0 saturated heterocycles. The Morgan fingerprint density at radius 1 is 1.28 bits per heavy atom. The van der Waals surface area contributed by atoms with Gasteiger partial charge in [0.2, 0.25) is 0 Å². The van der Waals surface area contributed by atoms with Crippen LogP contribution in [-0.2, 0) is 21.6 Å². The molecule has 136 valence electrons. The molecule has 9 nitrogen and oxygen atoms in total. The van der Waals surface area contributed by atoms with Gasteiger partial charge in [-0.25, -0.2) is 9.93 Å². The van der Waals surface area contributed by atoms with Crippen molar-refractivity contribution in [3.63, 3.8) is 0 Å². The van der Waals surface area contributed by atoms with Gasteiger partial charge in [0, 0.05) is 13.6 Å². The number of aromatic nitrogens is 2. The van der Waals surface area contributed by atoms with Crippen LogP contribution >= 0.6 is 0 Å². The molecular weight excluding hydrogens is 346 g/mol. The minimum atomic E-state index is -3.99. The lowest BCUT2D eigenvalue weighted by molar-refractivity contribution is 0.106. The lowest BCUT2D eigenvalue weighted by Gasteiger charge is -2.24. The van der Waals surface area contributed by atoms with E-state index in [1.54, 1.807) is 6.92 Å². The van der Waals surface area contributed by atoms with Crippen LogP contribution in [0.3, 0.4) is 0 Å². The molecule has 0 fully saturated rings. The minimum Gasteiger partial charge on any atom is -0.445 e. The quantitative estimate of drug-likeness (QED) is 0.756. The molecule has 2 aromatic rings. The summed E-state index contributed by atoms with van der Waals surface area (Å²) in [4.78, 5) is 13.3. The number of hydrogen-bond acceptors (Lipinski definition) is 5. The lowest BCUT2D eigenvalue weighted by atomic mass is 10.2. The Bertz CT molecular complexity index is 806. The molecule has 1 heterocycles. The van der Waals surface area contributed by atoms with Crippen molar-refractivity contribution in [2.24, 2.45) is 5.14 Å². The SMILES string of the molecule is Cc1[nH]ncc1N(CCN(C)C(=O)OCc1ccccc1)S(N)(=O)=O. The molecule has 2 rings (SSSR count). The minimum absolute atomic E-state index is 0.0177. The fourth-order valence-electron chi connectivity index (χ4n) is 2.14. The summed E-state index contributed by atoms with van der Waals surface area (Å²) in [5, 5.41) is 11.7. The maximum Gasteiger partial charge on any atom is 0.409 e. The Labute approximate surface area is 146 Å². The molecule has 25 heavy (non-hydrogen) atoms. The summed E-state index contributed by atoms with van der Waals surface area (Å²) in [5.74, 6) is 0. The van der Waals surface area contributed by atoms with Gasteiger partial charge >= 0.3 is 6.09 Å². The van der Waals surface area contributed by atoms with Gasteiger partial charge in [-0.1, -0.05) is 30.3 Å². The summed E-state index contributed by atoms with van der Waals surface area (Å²) >= 11 is 0. The zero-order valence-corrected chi connectivity index (χ0v) is 14.9. The van der Waals surface area contributed by atoms with Crippen molar-refractivity contribution in [2.45, 2.75) is 13.5 Å². The number of nitrogens with two attached hydrogens (primary N) is 1. The van der Waals surface area contributed by atoms with Crippen LogP contribution in [0.2, 0.25) is 0 Å². The summed E-state index contributed by atoms with van der Waals surface area (Å²) in [5.41, 5.74) is 1.77. The number of nitrogens with one attached hydrogen (secondary N) is 1. The Morgan fingerprint density at radius 3 is 2.52 bits per heavy atom. The van der Waals surface area contributed by atoms with E-state index in [0.29, 0.717) is 11.4 Å². The Hall–Kier alpha value is -2.59. The van der Waals surface area contributed by atoms with Crippen molar-refractivity contribution in [1.82, 2.24) is 15.1 Å². The highest BCUT2D eigenvalue weighted by molar-refractivity contribution is 7.90. The van der Waals surface area contributed by atoms with E-state index in [1.165, 1.54) is 18.1 Å². The van der Waals surface area contributed by atoms with Crippen LogP contribution in [0.1, 0.15) is 11.3 Å². The van der Waals surface area contributed by atoms with Gasteiger partial charge in [0.05, 0.1) is 24.1 Å². The standard InChI is InChI=1S/C15H21N5O4S/c1-12-14(10-17-18-12)20(25(16,22)23)9-8-19(2)15(21)24-11-13-6-4-3-5-7-13/h3-7,10H,8-9,11H2,1-2H3,(H,17,18)(H2,16,22,23). The number of aryl methyl sites for hydroxylation is 1. The van der Waals surface area contributed by atoms with E-state index in [9.17, 15) is 13.2 Å². The van der Waals surface area contributed by atoms with E-state index in [2.05, 4.69) is 10.2 Å². The number of amides is 1. The first-order chi connectivity index (χ1) is 11.8. The molecule has 0 unspecified atom stereocenters. The molecule has 1 amide bonds. The van der Waals surface area contributed by atoms with Gasteiger partial charge in [0.15, 0.2) is 0 Å². The van der Waals surface area contributed by atoms with Crippen LogP contribution in [0.4, 0.5) is 10.5 Å². The molecule has 0 aliphatic carbocycles.